The van der Waals surface area contributed by atoms with Crippen molar-refractivity contribution in [1.82, 2.24) is 19.4 Å². The fourth-order valence-electron chi connectivity index (χ4n) is 3.90. The molecule has 1 saturated heterocycles. The molecule has 0 aliphatic carbocycles. The van der Waals surface area contributed by atoms with Crippen LogP contribution in [0.3, 0.4) is 0 Å². The smallest absolute Gasteiger partial charge is 0.261 e. The number of carbonyl (C=O) groups excluding carboxylic acids is 1. The molecule has 6 nitrogen and oxygen atoms in total. The molecule has 1 aliphatic rings. The molecule has 0 saturated carbocycles. The molecule has 156 valence electrons. The van der Waals surface area contributed by atoms with Gasteiger partial charge in [-0.05, 0) is 37.3 Å². The lowest BCUT2D eigenvalue weighted by Gasteiger charge is -2.38. The summed E-state index contributed by atoms with van der Waals surface area (Å²) in [6, 6.07) is 12.3. The summed E-state index contributed by atoms with van der Waals surface area (Å²) in [6.07, 6.45) is 0. The quantitative estimate of drug-likeness (QED) is 0.616. The van der Waals surface area contributed by atoms with Crippen molar-refractivity contribution < 1.29 is 4.79 Å². The fraction of sp³-hybridized carbons (Fsp3) is 0.318. The lowest BCUT2D eigenvalue weighted by atomic mass is 10.1. The first-order chi connectivity index (χ1) is 14.4. The van der Waals surface area contributed by atoms with E-state index >= 15 is 0 Å². The predicted octanol–water partition coefficient (Wildman–Crippen LogP) is 3.76. The third-order valence-corrected chi connectivity index (χ3v) is 6.45. The molecular weight excluding hydrogens is 423 g/mol. The number of amides is 1. The Hall–Kier alpha value is -2.41. The number of carbonyl (C=O) groups is 1. The van der Waals surface area contributed by atoms with Gasteiger partial charge < -0.3 is 4.90 Å². The Labute approximate surface area is 184 Å². The van der Waals surface area contributed by atoms with Crippen LogP contribution in [0.15, 0.2) is 47.3 Å². The van der Waals surface area contributed by atoms with Crippen LogP contribution in [0.25, 0.3) is 10.9 Å². The Morgan fingerprint density at radius 2 is 1.73 bits per heavy atom. The van der Waals surface area contributed by atoms with Crippen molar-refractivity contribution in [2.45, 2.75) is 13.0 Å². The van der Waals surface area contributed by atoms with Crippen LogP contribution >= 0.6 is 23.2 Å². The summed E-state index contributed by atoms with van der Waals surface area (Å²) in [5.41, 5.74) is 1.19. The molecule has 30 heavy (non-hydrogen) atoms. The number of nitrogens with zero attached hydrogens (tertiary/aromatic N) is 4. The average Bonchev–Trinajstić information content (AvgIpc) is 2.77. The third kappa shape index (κ3) is 3.83. The molecule has 0 radical (unpaired) electrons. The van der Waals surface area contributed by atoms with Gasteiger partial charge in [-0.15, -0.1) is 0 Å². The average molecular weight is 445 g/mol. The molecule has 2 aromatic carbocycles. The van der Waals surface area contributed by atoms with E-state index in [-0.39, 0.29) is 17.5 Å². The maximum Gasteiger partial charge on any atom is 0.261 e. The molecule has 1 unspecified atom stereocenters. The third-order valence-electron chi connectivity index (χ3n) is 5.71. The van der Waals surface area contributed by atoms with Gasteiger partial charge in [0.15, 0.2) is 0 Å². The lowest BCUT2D eigenvalue weighted by molar-refractivity contribution is 0.0572. The number of benzene rings is 2. The van der Waals surface area contributed by atoms with E-state index in [1.807, 2.05) is 30.0 Å². The van der Waals surface area contributed by atoms with Crippen LogP contribution < -0.4 is 5.56 Å². The van der Waals surface area contributed by atoms with Gasteiger partial charge in [0.05, 0.1) is 27.0 Å². The highest BCUT2D eigenvalue weighted by atomic mass is 35.5. The maximum atomic E-state index is 12.8. The van der Waals surface area contributed by atoms with Crippen molar-refractivity contribution in [2.24, 2.45) is 7.05 Å². The van der Waals surface area contributed by atoms with Crippen LogP contribution in [0, 0.1) is 0 Å². The predicted molar refractivity (Wildman–Crippen MR) is 119 cm³/mol. The molecule has 1 atom stereocenters. The maximum absolute atomic E-state index is 12.8. The molecule has 8 heteroatoms. The summed E-state index contributed by atoms with van der Waals surface area (Å²) in [6.45, 7) is 4.61. The summed E-state index contributed by atoms with van der Waals surface area (Å²) in [5.74, 6) is 0.667. The topological polar surface area (TPSA) is 58.4 Å². The Morgan fingerprint density at radius 1 is 1.03 bits per heavy atom. The molecule has 0 spiro atoms. The van der Waals surface area contributed by atoms with Gasteiger partial charge in [0, 0.05) is 38.8 Å². The summed E-state index contributed by atoms with van der Waals surface area (Å²) < 4.78 is 1.63. The number of fused-ring (bicyclic) bond motifs is 1. The summed E-state index contributed by atoms with van der Waals surface area (Å²) >= 11 is 12.0. The summed E-state index contributed by atoms with van der Waals surface area (Å²) in [7, 11) is 1.76. The van der Waals surface area contributed by atoms with E-state index in [4.69, 9.17) is 28.2 Å². The second kappa shape index (κ2) is 8.38. The molecule has 2 heterocycles. The van der Waals surface area contributed by atoms with Gasteiger partial charge in [-0.1, -0.05) is 35.3 Å². The van der Waals surface area contributed by atoms with Crippen LogP contribution in [0.5, 0.6) is 0 Å². The van der Waals surface area contributed by atoms with Crippen LogP contribution in [0.1, 0.15) is 29.1 Å². The minimum atomic E-state index is -0.0582. The zero-order chi connectivity index (χ0) is 21.4. The fourth-order valence-corrected chi connectivity index (χ4v) is 4.19. The van der Waals surface area contributed by atoms with Gasteiger partial charge in [-0.25, -0.2) is 4.98 Å². The van der Waals surface area contributed by atoms with Crippen LogP contribution in [-0.4, -0.2) is 51.4 Å². The first-order valence-electron chi connectivity index (χ1n) is 9.81. The first kappa shape index (κ1) is 20.8. The van der Waals surface area contributed by atoms with Gasteiger partial charge in [-0.2, -0.15) is 0 Å². The van der Waals surface area contributed by atoms with E-state index in [1.54, 1.807) is 35.9 Å². The minimum Gasteiger partial charge on any atom is -0.336 e. The first-order valence-corrected chi connectivity index (χ1v) is 10.6. The van der Waals surface area contributed by atoms with Crippen molar-refractivity contribution in [3.8, 4) is 0 Å². The van der Waals surface area contributed by atoms with Gasteiger partial charge in [0.2, 0.25) is 0 Å². The van der Waals surface area contributed by atoms with E-state index in [0.29, 0.717) is 52.7 Å². The highest BCUT2D eigenvalue weighted by Gasteiger charge is 2.27. The Morgan fingerprint density at radius 3 is 2.43 bits per heavy atom. The lowest BCUT2D eigenvalue weighted by Crippen LogP contribution is -2.49. The number of para-hydroxylation sites is 1. The second-order valence-electron chi connectivity index (χ2n) is 7.48. The number of hydrogen-bond acceptors (Lipinski definition) is 4. The van der Waals surface area contributed by atoms with Crippen molar-refractivity contribution in [3.05, 3.63) is 74.3 Å². The normalized spacial score (nSPS) is 16.1. The standard InChI is InChI=1S/C22H22Cl2N4O2/c1-14(20-25-19-6-4-3-5-16(19)22(30)26(20)2)27-9-11-28(12-10-27)21(29)15-7-8-17(23)18(24)13-15/h3-8,13-14H,9-12H2,1-2H3. The Balaban J connectivity index is 1.49. The highest BCUT2D eigenvalue weighted by Crippen LogP contribution is 2.25. The summed E-state index contributed by atoms with van der Waals surface area (Å²) in [4.78, 5) is 34.3. The van der Waals surface area contributed by atoms with Gasteiger partial charge in [0.1, 0.15) is 5.82 Å². The van der Waals surface area contributed by atoms with E-state index < -0.39 is 0 Å². The molecule has 4 rings (SSSR count). The number of rotatable bonds is 3. The largest absolute Gasteiger partial charge is 0.336 e. The summed E-state index contributed by atoms with van der Waals surface area (Å²) in [5, 5.41) is 1.42. The molecule has 3 aromatic rings. The molecule has 1 amide bonds. The Bertz CT molecular complexity index is 1170. The monoisotopic (exact) mass is 444 g/mol. The van der Waals surface area contributed by atoms with Gasteiger partial charge >= 0.3 is 0 Å². The van der Waals surface area contributed by atoms with E-state index in [0.717, 1.165) is 5.82 Å². The number of hydrogen-bond donors (Lipinski definition) is 0. The van der Waals surface area contributed by atoms with E-state index in [1.165, 1.54) is 0 Å². The van der Waals surface area contributed by atoms with Crippen LogP contribution in [0.4, 0.5) is 0 Å². The zero-order valence-corrected chi connectivity index (χ0v) is 18.3. The van der Waals surface area contributed by atoms with E-state index in [2.05, 4.69) is 4.90 Å². The second-order valence-corrected chi connectivity index (χ2v) is 8.30. The molecule has 1 aromatic heterocycles. The van der Waals surface area contributed by atoms with Crippen LogP contribution in [-0.2, 0) is 7.05 Å². The molecule has 1 fully saturated rings. The van der Waals surface area contributed by atoms with Crippen molar-refractivity contribution in [3.63, 3.8) is 0 Å². The van der Waals surface area contributed by atoms with Crippen molar-refractivity contribution >= 4 is 40.0 Å². The zero-order valence-electron chi connectivity index (χ0n) is 16.8. The Kier molecular flexibility index (Phi) is 5.82. The van der Waals surface area contributed by atoms with Crippen molar-refractivity contribution in [2.75, 3.05) is 26.2 Å². The number of piperazine rings is 1. The van der Waals surface area contributed by atoms with Gasteiger partial charge in [0.25, 0.3) is 11.5 Å². The van der Waals surface area contributed by atoms with Gasteiger partial charge in [-0.3, -0.25) is 19.1 Å². The molecule has 0 bridgehead atoms. The molecule has 0 N–H and O–H groups in total. The number of halogens is 2. The van der Waals surface area contributed by atoms with Crippen LogP contribution in [0.2, 0.25) is 10.0 Å². The number of aromatic nitrogens is 2. The minimum absolute atomic E-state index is 0.0455. The molecular formula is C22H22Cl2N4O2. The van der Waals surface area contributed by atoms with E-state index in [9.17, 15) is 9.59 Å². The highest BCUT2D eigenvalue weighted by molar-refractivity contribution is 6.42. The van der Waals surface area contributed by atoms with Crippen molar-refractivity contribution in [1.29, 1.82) is 0 Å². The molecule has 1 aliphatic heterocycles. The SMILES string of the molecule is CC(c1nc2ccccc2c(=O)n1C)N1CCN(C(=O)c2ccc(Cl)c(Cl)c2)CC1.